The number of nitrogens with one attached hydrogen (secondary N) is 1. The van der Waals surface area contributed by atoms with E-state index in [0.717, 1.165) is 19.3 Å². The highest BCUT2D eigenvalue weighted by molar-refractivity contribution is 5.82. The molecular formula is C21H28F6N4O4. The molecule has 1 spiro atoms. The summed E-state index contributed by atoms with van der Waals surface area (Å²) in [5, 5.41) is 17.1. The highest BCUT2D eigenvalue weighted by Crippen LogP contribution is 2.48. The molecule has 3 fully saturated rings. The van der Waals surface area contributed by atoms with Crippen LogP contribution >= 0.6 is 0 Å². The molecule has 3 heterocycles. The Morgan fingerprint density at radius 3 is 2.40 bits per heavy atom. The van der Waals surface area contributed by atoms with Gasteiger partial charge in [0.25, 0.3) is 5.89 Å². The number of aliphatic hydroxyl groups is 1. The zero-order valence-electron chi connectivity index (χ0n) is 18.9. The molecule has 1 saturated carbocycles. The van der Waals surface area contributed by atoms with Crippen molar-refractivity contribution in [3.63, 3.8) is 0 Å². The monoisotopic (exact) mass is 514 g/mol. The fraction of sp³-hybridized carbons (Fsp3) is 0.857. The Kier molecular flexibility index (Phi) is 7.10. The van der Waals surface area contributed by atoms with E-state index in [1.54, 1.807) is 0 Å². The highest BCUT2D eigenvalue weighted by atomic mass is 19.4. The maximum atomic E-state index is 14.2. The fourth-order valence-corrected chi connectivity index (χ4v) is 5.15. The van der Waals surface area contributed by atoms with Gasteiger partial charge >= 0.3 is 12.4 Å². The number of piperidine rings is 2. The highest BCUT2D eigenvalue weighted by Gasteiger charge is 2.60. The minimum Gasteiger partial charge on any atom is -0.392 e. The number of carbonyl (C=O) groups is 1. The number of carbonyl (C=O) groups excluding carboxylic acids is 1. The molecule has 4 rings (SSSR count). The first-order valence-electron chi connectivity index (χ1n) is 11.6. The molecule has 2 aliphatic heterocycles. The molecule has 8 nitrogen and oxygen atoms in total. The molecule has 14 heteroatoms. The number of aromatic nitrogens is 2. The van der Waals surface area contributed by atoms with E-state index in [0.29, 0.717) is 6.54 Å². The van der Waals surface area contributed by atoms with Gasteiger partial charge in [0, 0.05) is 25.0 Å². The van der Waals surface area contributed by atoms with Crippen molar-refractivity contribution >= 4 is 5.91 Å². The van der Waals surface area contributed by atoms with Gasteiger partial charge < -0.3 is 24.6 Å². The molecule has 0 bridgehead atoms. The summed E-state index contributed by atoms with van der Waals surface area (Å²) in [5.74, 6) is -1.32. The SMILES string of the molecule is O=C([C@@H]1C[C@@H](O)C2(CCC2)CN1)N1CCC(c2noc(COCCC(F)(F)F)n2)(C(F)(F)F)CC1. The van der Waals surface area contributed by atoms with E-state index in [1.165, 1.54) is 4.90 Å². The summed E-state index contributed by atoms with van der Waals surface area (Å²) in [6.45, 7) is -1.11. The maximum Gasteiger partial charge on any atom is 0.401 e. The summed E-state index contributed by atoms with van der Waals surface area (Å²) in [6, 6.07) is -0.653. The van der Waals surface area contributed by atoms with E-state index in [-0.39, 0.29) is 36.7 Å². The Labute approximate surface area is 197 Å². The lowest BCUT2D eigenvalue weighted by Crippen LogP contribution is -2.62. The lowest BCUT2D eigenvalue weighted by molar-refractivity contribution is -0.206. The first kappa shape index (κ1) is 26.1. The lowest BCUT2D eigenvalue weighted by Gasteiger charge is -2.51. The molecule has 2 N–H and O–H groups in total. The predicted molar refractivity (Wildman–Crippen MR) is 107 cm³/mol. The Hall–Kier alpha value is -1.93. The fourth-order valence-electron chi connectivity index (χ4n) is 5.15. The van der Waals surface area contributed by atoms with Crippen molar-refractivity contribution in [1.29, 1.82) is 0 Å². The summed E-state index contributed by atoms with van der Waals surface area (Å²) in [7, 11) is 0. The van der Waals surface area contributed by atoms with E-state index < -0.39 is 68.2 Å². The molecule has 2 atom stereocenters. The van der Waals surface area contributed by atoms with Crippen LogP contribution < -0.4 is 5.32 Å². The topological polar surface area (TPSA) is 101 Å². The zero-order chi connectivity index (χ0) is 25.5. The standard InChI is InChI=1S/C21H28F6N4O4/c22-20(23,24)6-9-34-11-15-29-17(30-35-15)19(21(25,26)27)4-7-31(8-5-19)16(33)13-10-14(32)18(12-28-13)2-1-3-18/h13-14,28,32H,1-12H2/t13-,14+/m0/s1. The van der Waals surface area contributed by atoms with Crippen LogP contribution in [0.5, 0.6) is 0 Å². The Bertz CT molecular complexity index is 893. The van der Waals surface area contributed by atoms with Crippen LogP contribution in [0.2, 0.25) is 0 Å². The average Bonchev–Trinajstić information content (AvgIpc) is 3.23. The molecule has 1 aliphatic carbocycles. The number of aliphatic hydroxyl groups excluding tert-OH is 1. The number of hydrogen-bond acceptors (Lipinski definition) is 7. The molecule has 3 aliphatic rings. The van der Waals surface area contributed by atoms with E-state index in [2.05, 4.69) is 15.5 Å². The van der Waals surface area contributed by atoms with Crippen LogP contribution in [0.4, 0.5) is 26.3 Å². The number of rotatable bonds is 6. The molecule has 198 valence electrons. The van der Waals surface area contributed by atoms with Crippen LogP contribution in [0, 0.1) is 5.41 Å². The number of alkyl halides is 6. The van der Waals surface area contributed by atoms with Crippen LogP contribution in [-0.4, -0.2) is 76.8 Å². The number of hydrogen-bond donors (Lipinski definition) is 2. The van der Waals surface area contributed by atoms with Gasteiger partial charge in [0.1, 0.15) is 12.0 Å². The minimum absolute atomic E-state index is 0.191. The molecule has 0 radical (unpaired) electrons. The summed E-state index contributed by atoms with van der Waals surface area (Å²) in [6.07, 6.45) is -8.95. The third-order valence-electron chi connectivity index (χ3n) is 7.64. The van der Waals surface area contributed by atoms with Gasteiger partial charge in [-0.3, -0.25) is 4.79 Å². The van der Waals surface area contributed by atoms with Gasteiger partial charge in [-0.25, -0.2) is 0 Å². The van der Waals surface area contributed by atoms with Crippen molar-refractivity contribution in [1.82, 2.24) is 20.4 Å². The largest absolute Gasteiger partial charge is 0.401 e. The molecule has 0 aromatic carbocycles. The van der Waals surface area contributed by atoms with Gasteiger partial charge in [-0.05, 0) is 32.1 Å². The van der Waals surface area contributed by atoms with Crippen LogP contribution in [0.3, 0.4) is 0 Å². The summed E-state index contributed by atoms with van der Waals surface area (Å²) in [4.78, 5) is 18.1. The van der Waals surface area contributed by atoms with Gasteiger partial charge in [0.15, 0.2) is 5.82 Å². The number of amides is 1. The summed E-state index contributed by atoms with van der Waals surface area (Å²) in [5.41, 5.74) is -2.65. The van der Waals surface area contributed by atoms with E-state index >= 15 is 0 Å². The summed E-state index contributed by atoms with van der Waals surface area (Å²) < 4.78 is 88.7. The van der Waals surface area contributed by atoms with Crippen molar-refractivity contribution in [3.8, 4) is 0 Å². The van der Waals surface area contributed by atoms with Crippen LogP contribution in [0.25, 0.3) is 0 Å². The van der Waals surface area contributed by atoms with Crippen molar-refractivity contribution in [2.45, 2.75) is 81.5 Å². The Morgan fingerprint density at radius 2 is 1.86 bits per heavy atom. The number of nitrogens with zero attached hydrogens (tertiary/aromatic N) is 3. The van der Waals surface area contributed by atoms with Gasteiger partial charge in [-0.2, -0.15) is 31.3 Å². The van der Waals surface area contributed by atoms with Gasteiger partial charge in [0.2, 0.25) is 5.91 Å². The van der Waals surface area contributed by atoms with Crippen molar-refractivity contribution in [2.24, 2.45) is 5.41 Å². The van der Waals surface area contributed by atoms with Crippen LogP contribution in [0.15, 0.2) is 4.52 Å². The maximum absolute atomic E-state index is 14.2. The van der Waals surface area contributed by atoms with Crippen molar-refractivity contribution < 1.29 is 45.5 Å². The number of likely N-dealkylation sites (tertiary alicyclic amines) is 1. The van der Waals surface area contributed by atoms with Gasteiger partial charge in [0.05, 0.1) is 25.2 Å². The number of ether oxygens (including phenoxy) is 1. The van der Waals surface area contributed by atoms with Crippen molar-refractivity contribution in [3.05, 3.63) is 11.7 Å². The van der Waals surface area contributed by atoms with Crippen molar-refractivity contribution in [2.75, 3.05) is 26.2 Å². The minimum atomic E-state index is -4.74. The summed E-state index contributed by atoms with van der Waals surface area (Å²) >= 11 is 0. The van der Waals surface area contributed by atoms with Gasteiger partial charge in [-0.1, -0.05) is 11.6 Å². The zero-order valence-corrected chi connectivity index (χ0v) is 18.9. The smallest absolute Gasteiger partial charge is 0.392 e. The molecule has 2 saturated heterocycles. The first-order valence-corrected chi connectivity index (χ1v) is 11.6. The molecule has 35 heavy (non-hydrogen) atoms. The lowest BCUT2D eigenvalue weighted by atomic mass is 9.62. The Balaban J connectivity index is 1.36. The normalized spacial score (nSPS) is 26.5. The molecule has 1 aromatic heterocycles. The Morgan fingerprint density at radius 1 is 1.17 bits per heavy atom. The van der Waals surface area contributed by atoms with E-state index in [1.807, 2.05) is 0 Å². The predicted octanol–water partition coefficient (Wildman–Crippen LogP) is 2.85. The molecule has 1 aromatic rings. The third kappa shape index (κ3) is 5.29. The molecule has 0 unspecified atom stereocenters. The number of halogens is 6. The van der Waals surface area contributed by atoms with Crippen LogP contribution in [0.1, 0.15) is 56.7 Å². The second-order valence-electron chi connectivity index (χ2n) is 9.74. The molecular weight excluding hydrogens is 486 g/mol. The quantitative estimate of drug-likeness (QED) is 0.445. The van der Waals surface area contributed by atoms with E-state index in [4.69, 9.17) is 9.26 Å². The average molecular weight is 514 g/mol. The molecule has 1 amide bonds. The second kappa shape index (κ2) is 9.51. The van der Waals surface area contributed by atoms with Crippen LogP contribution in [-0.2, 0) is 21.6 Å². The second-order valence-corrected chi connectivity index (χ2v) is 9.74. The van der Waals surface area contributed by atoms with E-state index in [9.17, 15) is 36.2 Å². The third-order valence-corrected chi connectivity index (χ3v) is 7.64. The van der Waals surface area contributed by atoms with Gasteiger partial charge in [-0.15, -0.1) is 0 Å². The first-order chi connectivity index (χ1) is 16.4.